The molecule has 0 bridgehead atoms. The van der Waals surface area contributed by atoms with E-state index in [1.165, 1.54) is 42.6 Å². The number of para-hydroxylation sites is 1. The molecule has 1 aromatic rings. The molecule has 2 nitrogen and oxygen atoms in total. The summed E-state index contributed by atoms with van der Waals surface area (Å²) in [4.78, 5) is 2.63. The van der Waals surface area contributed by atoms with Crippen molar-refractivity contribution in [3.8, 4) is 0 Å². The summed E-state index contributed by atoms with van der Waals surface area (Å²) in [5, 5.41) is 0. The third-order valence-electron chi connectivity index (χ3n) is 4.12. The van der Waals surface area contributed by atoms with Crippen LogP contribution in [0.3, 0.4) is 0 Å². The number of anilines is 1. The van der Waals surface area contributed by atoms with E-state index in [-0.39, 0.29) is 0 Å². The lowest BCUT2D eigenvalue weighted by Gasteiger charge is -2.39. The molecule has 1 fully saturated rings. The Kier molecular flexibility index (Phi) is 4.65. The summed E-state index contributed by atoms with van der Waals surface area (Å²) >= 11 is 0. The number of nitrogens with two attached hydrogens (primary N) is 1. The van der Waals surface area contributed by atoms with Crippen LogP contribution in [0.4, 0.5) is 5.69 Å². The molecule has 1 aromatic carbocycles. The molecule has 0 aromatic heterocycles. The van der Waals surface area contributed by atoms with Gasteiger partial charge in [0.1, 0.15) is 0 Å². The fraction of sp³-hybridized carbons (Fsp3) is 0.625. The van der Waals surface area contributed by atoms with Gasteiger partial charge < -0.3 is 10.6 Å². The first-order chi connectivity index (χ1) is 8.77. The van der Waals surface area contributed by atoms with Crippen LogP contribution in [-0.4, -0.2) is 19.1 Å². The Morgan fingerprint density at radius 3 is 2.89 bits per heavy atom. The molecule has 2 rings (SSSR count). The molecule has 0 aliphatic carbocycles. The summed E-state index contributed by atoms with van der Waals surface area (Å²) < 4.78 is 0. The number of nitrogens with zero attached hydrogens (tertiary/aromatic N) is 1. The van der Waals surface area contributed by atoms with Gasteiger partial charge in [0.25, 0.3) is 0 Å². The van der Waals surface area contributed by atoms with E-state index in [1.807, 2.05) is 0 Å². The predicted molar refractivity (Wildman–Crippen MR) is 79.2 cm³/mol. The van der Waals surface area contributed by atoms with Gasteiger partial charge >= 0.3 is 0 Å². The average molecular weight is 246 g/mol. The van der Waals surface area contributed by atoms with Crippen molar-refractivity contribution in [2.45, 2.75) is 52.0 Å². The van der Waals surface area contributed by atoms with Gasteiger partial charge in [0, 0.05) is 18.3 Å². The molecule has 2 heteroatoms. The van der Waals surface area contributed by atoms with Crippen LogP contribution in [0.2, 0.25) is 0 Å². The van der Waals surface area contributed by atoms with Crippen molar-refractivity contribution in [2.75, 3.05) is 18.0 Å². The van der Waals surface area contributed by atoms with Gasteiger partial charge in [-0.25, -0.2) is 0 Å². The molecule has 1 aliphatic heterocycles. The van der Waals surface area contributed by atoms with Crippen molar-refractivity contribution < 1.29 is 0 Å². The van der Waals surface area contributed by atoms with E-state index in [2.05, 4.69) is 36.9 Å². The number of hydrogen-bond acceptors (Lipinski definition) is 2. The number of piperidine rings is 1. The van der Waals surface area contributed by atoms with Crippen LogP contribution in [0.15, 0.2) is 18.2 Å². The molecule has 1 heterocycles. The zero-order valence-corrected chi connectivity index (χ0v) is 11.8. The smallest absolute Gasteiger partial charge is 0.0430 e. The van der Waals surface area contributed by atoms with Crippen molar-refractivity contribution in [1.82, 2.24) is 0 Å². The molecule has 0 saturated carbocycles. The van der Waals surface area contributed by atoms with Gasteiger partial charge in [-0.2, -0.15) is 0 Å². The Labute approximate surface area is 111 Å². The summed E-state index contributed by atoms with van der Waals surface area (Å²) in [7, 11) is 0. The minimum absolute atomic E-state index is 0.648. The van der Waals surface area contributed by atoms with Gasteiger partial charge in [-0.3, -0.25) is 0 Å². The summed E-state index contributed by atoms with van der Waals surface area (Å²) in [6.07, 6.45) is 6.21. The second-order valence-corrected chi connectivity index (χ2v) is 5.36. The highest BCUT2D eigenvalue weighted by molar-refractivity contribution is 5.60. The first kappa shape index (κ1) is 13.4. The molecular weight excluding hydrogens is 220 g/mol. The third kappa shape index (κ3) is 2.69. The van der Waals surface area contributed by atoms with Crippen LogP contribution < -0.4 is 10.6 Å². The monoisotopic (exact) mass is 246 g/mol. The van der Waals surface area contributed by atoms with Crippen molar-refractivity contribution in [3.05, 3.63) is 29.3 Å². The molecule has 18 heavy (non-hydrogen) atoms. The summed E-state index contributed by atoms with van der Waals surface area (Å²) in [5.41, 5.74) is 10.2. The Morgan fingerprint density at radius 1 is 1.33 bits per heavy atom. The number of aryl methyl sites for hydroxylation is 2. The van der Waals surface area contributed by atoms with Crippen LogP contribution in [0.1, 0.15) is 43.7 Å². The van der Waals surface area contributed by atoms with E-state index in [1.54, 1.807) is 0 Å². The van der Waals surface area contributed by atoms with Gasteiger partial charge in [-0.1, -0.05) is 25.1 Å². The van der Waals surface area contributed by atoms with E-state index in [4.69, 9.17) is 5.73 Å². The van der Waals surface area contributed by atoms with Crippen molar-refractivity contribution in [1.29, 1.82) is 0 Å². The quantitative estimate of drug-likeness (QED) is 0.883. The van der Waals surface area contributed by atoms with Crippen LogP contribution >= 0.6 is 0 Å². The van der Waals surface area contributed by atoms with E-state index >= 15 is 0 Å². The fourth-order valence-electron chi connectivity index (χ4n) is 3.20. The first-order valence-corrected chi connectivity index (χ1v) is 7.33. The van der Waals surface area contributed by atoms with E-state index in [0.29, 0.717) is 6.04 Å². The maximum absolute atomic E-state index is 5.78. The van der Waals surface area contributed by atoms with Crippen molar-refractivity contribution in [3.63, 3.8) is 0 Å². The molecule has 0 amide bonds. The molecule has 1 aliphatic rings. The molecular formula is C16H26N2. The molecule has 1 atom stereocenters. The average Bonchev–Trinajstić information content (AvgIpc) is 2.40. The minimum atomic E-state index is 0.648. The molecule has 2 N–H and O–H groups in total. The van der Waals surface area contributed by atoms with Gasteiger partial charge in [-0.15, -0.1) is 0 Å². The number of hydrogen-bond donors (Lipinski definition) is 1. The summed E-state index contributed by atoms with van der Waals surface area (Å²) in [6.45, 7) is 6.49. The second-order valence-electron chi connectivity index (χ2n) is 5.36. The van der Waals surface area contributed by atoms with E-state index < -0.39 is 0 Å². The van der Waals surface area contributed by atoms with Crippen molar-refractivity contribution in [2.24, 2.45) is 5.73 Å². The maximum Gasteiger partial charge on any atom is 0.0430 e. The second kappa shape index (κ2) is 6.24. The standard InChI is InChI=1S/C16H26N2/c1-3-14-8-6-7-13(2)16(14)18-12-5-4-9-15(18)10-11-17/h6-8,15H,3-5,9-12,17H2,1-2H3. The van der Waals surface area contributed by atoms with Gasteiger partial charge in [-0.05, 0) is 56.7 Å². The largest absolute Gasteiger partial charge is 0.368 e. The normalized spacial score (nSPS) is 20.2. The SMILES string of the molecule is CCc1cccc(C)c1N1CCCCC1CCN. The summed E-state index contributed by atoms with van der Waals surface area (Å²) in [5.74, 6) is 0. The number of rotatable bonds is 4. The zero-order valence-electron chi connectivity index (χ0n) is 11.8. The van der Waals surface area contributed by atoms with E-state index in [0.717, 1.165) is 19.4 Å². The molecule has 100 valence electrons. The predicted octanol–water partition coefficient (Wildman–Crippen LogP) is 3.27. The lowest BCUT2D eigenvalue weighted by atomic mass is 9.95. The van der Waals surface area contributed by atoms with Gasteiger partial charge in [0.05, 0.1) is 0 Å². The first-order valence-electron chi connectivity index (χ1n) is 7.33. The van der Waals surface area contributed by atoms with Gasteiger partial charge in [0.15, 0.2) is 0 Å². The Morgan fingerprint density at radius 2 is 2.17 bits per heavy atom. The molecule has 1 unspecified atom stereocenters. The highest BCUT2D eigenvalue weighted by Gasteiger charge is 2.24. The fourth-order valence-corrected chi connectivity index (χ4v) is 3.20. The van der Waals surface area contributed by atoms with Crippen LogP contribution in [-0.2, 0) is 6.42 Å². The van der Waals surface area contributed by atoms with Crippen molar-refractivity contribution >= 4 is 5.69 Å². The topological polar surface area (TPSA) is 29.3 Å². The molecule has 0 radical (unpaired) electrons. The zero-order chi connectivity index (χ0) is 13.0. The lowest BCUT2D eigenvalue weighted by molar-refractivity contribution is 0.440. The summed E-state index contributed by atoms with van der Waals surface area (Å²) in [6, 6.07) is 7.34. The van der Waals surface area contributed by atoms with E-state index in [9.17, 15) is 0 Å². The molecule has 0 spiro atoms. The molecule has 1 saturated heterocycles. The Hall–Kier alpha value is -1.02. The van der Waals surface area contributed by atoms with Crippen LogP contribution in [0, 0.1) is 6.92 Å². The Balaban J connectivity index is 2.32. The third-order valence-corrected chi connectivity index (χ3v) is 4.12. The Bertz CT molecular complexity index is 385. The lowest BCUT2D eigenvalue weighted by Crippen LogP contribution is -2.41. The van der Waals surface area contributed by atoms with Crippen LogP contribution in [0.25, 0.3) is 0 Å². The minimum Gasteiger partial charge on any atom is -0.368 e. The maximum atomic E-state index is 5.78. The van der Waals surface area contributed by atoms with Gasteiger partial charge in [0.2, 0.25) is 0 Å². The van der Waals surface area contributed by atoms with Crippen LogP contribution in [0.5, 0.6) is 0 Å². The number of benzene rings is 1. The highest BCUT2D eigenvalue weighted by Crippen LogP contribution is 2.32. The highest BCUT2D eigenvalue weighted by atomic mass is 15.2.